The molecule has 0 aromatic carbocycles. The molecule has 7 heteroatoms. The van der Waals surface area contributed by atoms with Gasteiger partial charge in [0.2, 0.25) is 0 Å². The van der Waals surface area contributed by atoms with Crippen molar-refractivity contribution in [2.24, 2.45) is 0 Å². The van der Waals surface area contributed by atoms with E-state index in [1.165, 1.54) is 18.5 Å². The number of piperidine rings is 1. The van der Waals surface area contributed by atoms with E-state index in [1.807, 2.05) is 0 Å². The standard InChI is InChI=1S/C13H17N3O4/c1-2-7-20-13(19)15-5-3-11(4-6-15)16-9-10(8-14-16)12(17)18/h2,8-9,11H,1,3-7H2,(H,17,18). The van der Waals surface area contributed by atoms with Gasteiger partial charge in [0.15, 0.2) is 0 Å². The fourth-order valence-electron chi connectivity index (χ4n) is 2.18. The van der Waals surface area contributed by atoms with Crippen LogP contribution in [0.5, 0.6) is 0 Å². The van der Waals surface area contributed by atoms with Gasteiger partial charge in [0.05, 0.1) is 17.8 Å². The summed E-state index contributed by atoms with van der Waals surface area (Å²) < 4.78 is 6.64. The quantitative estimate of drug-likeness (QED) is 0.845. The highest BCUT2D eigenvalue weighted by atomic mass is 16.6. The highest BCUT2D eigenvalue weighted by molar-refractivity contribution is 5.86. The van der Waals surface area contributed by atoms with Crippen LogP contribution in [-0.4, -0.2) is 51.5 Å². The molecule has 1 fully saturated rings. The lowest BCUT2D eigenvalue weighted by Gasteiger charge is -2.31. The average molecular weight is 279 g/mol. The summed E-state index contributed by atoms with van der Waals surface area (Å²) in [6.07, 6.45) is 5.51. The van der Waals surface area contributed by atoms with Gasteiger partial charge in [0.25, 0.3) is 0 Å². The molecule has 1 aliphatic heterocycles. The van der Waals surface area contributed by atoms with Gasteiger partial charge < -0.3 is 14.7 Å². The van der Waals surface area contributed by atoms with Crippen LogP contribution in [0.2, 0.25) is 0 Å². The number of hydrogen-bond acceptors (Lipinski definition) is 4. The van der Waals surface area contributed by atoms with Gasteiger partial charge in [0.1, 0.15) is 6.61 Å². The maximum atomic E-state index is 11.6. The van der Waals surface area contributed by atoms with Crippen LogP contribution in [0.25, 0.3) is 0 Å². The van der Waals surface area contributed by atoms with Gasteiger partial charge in [-0.15, -0.1) is 0 Å². The maximum Gasteiger partial charge on any atom is 0.410 e. The zero-order chi connectivity index (χ0) is 14.5. The molecule has 0 aliphatic carbocycles. The highest BCUT2D eigenvalue weighted by Gasteiger charge is 2.25. The Kier molecular flexibility index (Phi) is 4.39. The number of carboxylic acids is 1. The molecule has 2 heterocycles. The lowest BCUT2D eigenvalue weighted by Crippen LogP contribution is -2.39. The zero-order valence-electron chi connectivity index (χ0n) is 11.1. The topological polar surface area (TPSA) is 84.7 Å². The van der Waals surface area contributed by atoms with Crippen LogP contribution in [0.1, 0.15) is 29.2 Å². The Morgan fingerprint density at radius 2 is 2.20 bits per heavy atom. The Hall–Kier alpha value is -2.31. The molecule has 1 N–H and O–H groups in total. The molecule has 1 aromatic heterocycles. The lowest BCUT2D eigenvalue weighted by atomic mass is 10.1. The van der Waals surface area contributed by atoms with Crippen LogP contribution in [0.4, 0.5) is 4.79 Å². The van der Waals surface area contributed by atoms with E-state index < -0.39 is 5.97 Å². The smallest absolute Gasteiger partial charge is 0.410 e. The molecule has 0 spiro atoms. The summed E-state index contributed by atoms with van der Waals surface area (Å²) in [6, 6.07) is 0.117. The Morgan fingerprint density at radius 3 is 2.75 bits per heavy atom. The normalized spacial score (nSPS) is 15.9. The molecule has 1 aliphatic rings. The third-order valence-corrected chi connectivity index (χ3v) is 3.27. The molecule has 0 atom stereocenters. The molecule has 0 radical (unpaired) electrons. The number of aromatic nitrogens is 2. The maximum absolute atomic E-state index is 11.6. The summed E-state index contributed by atoms with van der Waals surface area (Å²) in [5.41, 5.74) is 0.179. The number of aromatic carboxylic acids is 1. The summed E-state index contributed by atoms with van der Waals surface area (Å²) in [5, 5.41) is 12.9. The average Bonchev–Trinajstić information content (AvgIpc) is 2.95. The highest BCUT2D eigenvalue weighted by Crippen LogP contribution is 2.22. The van der Waals surface area contributed by atoms with Gasteiger partial charge in [-0.25, -0.2) is 9.59 Å². The van der Waals surface area contributed by atoms with Crippen molar-refractivity contribution in [3.8, 4) is 0 Å². The fraction of sp³-hybridized carbons (Fsp3) is 0.462. The monoisotopic (exact) mass is 279 g/mol. The largest absolute Gasteiger partial charge is 0.478 e. The zero-order valence-corrected chi connectivity index (χ0v) is 11.1. The molecular formula is C13H17N3O4. The fourth-order valence-corrected chi connectivity index (χ4v) is 2.18. The predicted octanol–water partition coefficient (Wildman–Crippen LogP) is 1.54. The molecule has 20 heavy (non-hydrogen) atoms. The molecule has 0 bridgehead atoms. The first kappa shape index (κ1) is 14.1. The van der Waals surface area contributed by atoms with Crippen molar-refractivity contribution in [2.75, 3.05) is 19.7 Å². The third-order valence-electron chi connectivity index (χ3n) is 3.27. The molecule has 1 aromatic rings. The SMILES string of the molecule is C=CCOC(=O)N1CCC(n2cc(C(=O)O)cn2)CC1. The van der Waals surface area contributed by atoms with Crippen LogP contribution >= 0.6 is 0 Å². The van der Waals surface area contributed by atoms with E-state index in [1.54, 1.807) is 9.58 Å². The minimum absolute atomic E-state index is 0.117. The van der Waals surface area contributed by atoms with Crippen molar-refractivity contribution < 1.29 is 19.4 Å². The van der Waals surface area contributed by atoms with Crippen LogP contribution in [0.15, 0.2) is 25.0 Å². The van der Waals surface area contributed by atoms with Crippen LogP contribution in [-0.2, 0) is 4.74 Å². The first-order valence-electron chi connectivity index (χ1n) is 6.42. The Morgan fingerprint density at radius 1 is 1.50 bits per heavy atom. The van der Waals surface area contributed by atoms with Crippen LogP contribution in [0, 0.1) is 0 Å². The van der Waals surface area contributed by atoms with Gasteiger partial charge in [-0.3, -0.25) is 4.68 Å². The second-order valence-electron chi connectivity index (χ2n) is 4.60. The first-order chi connectivity index (χ1) is 9.61. The second-order valence-corrected chi connectivity index (χ2v) is 4.60. The Labute approximate surface area is 116 Å². The van der Waals surface area contributed by atoms with E-state index in [0.717, 1.165) is 12.8 Å². The summed E-state index contributed by atoms with van der Waals surface area (Å²) in [4.78, 5) is 24.1. The van der Waals surface area contributed by atoms with Crippen molar-refractivity contribution >= 4 is 12.1 Å². The number of nitrogens with zero attached hydrogens (tertiary/aromatic N) is 3. The Bertz CT molecular complexity index is 503. The first-order valence-corrected chi connectivity index (χ1v) is 6.42. The van der Waals surface area contributed by atoms with E-state index in [0.29, 0.717) is 13.1 Å². The second kappa shape index (κ2) is 6.23. The van der Waals surface area contributed by atoms with E-state index in [4.69, 9.17) is 9.84 Å². The number of rotatable bonds is 4. The minimum atomic E-state index is -0.985. The molecule has 1 saturated heterocycles. The molecule has 2 rings (SSSR count). The van der Waals surface area contributed by atoms with Gasteiger partial charge in [0, 0.05) is 19.3 Å². The van der Waals surface area contributed by atoms with Gasteiger partial charge in [-0.05, 0) is 12.8 Å². The van der Waals surface area contributed by atoms with Crippen LogP contribution in [0.3, 0.4) is 0 Å². The third kappa shape index (κ3) is 3.17. The molecule has 108 valence electrons. The number of hydrogen-bond donors (Lipinski definition) is 1. The van der Waals surface area contributed by atoms with E-state index in [9.17, 15) is 9.59 Å². The molecular weight excluding hydrogens is 262 g/mol. The minimum Gasteiger partial charge on any atom is -0.478 e. The van der Waals surface area contributed by atoms with E-state index in [-0.39, 0.29) is 24.3 Å². The predicted molar refractivity (Wildman–Crippen MR) is 70.6 cm³/mol. The van der Waals surface area contributed by atoms with Gasteiger partial charge >= 0.3 is 12.1 Å². The van der Waals surface area contributed by atoms with Crippen molar-refractivity contribution in [1.29, 1.82) is 0 Å². The summed E-state index contributed by atoms with van der Waals surface area (Å²) in [7, 11) is 0. The van der Waals surface area contributed by atoms with Crippen molar-refractivity contribution in [1.82, 2.24) is 14.7 Å². The van der Waals surface area contributed by atoms with Crippen molar-refractivity contribution in [3.05, 3.63) is 30.6 Å². The number of ether oxygens (including phenoxy) is 1. The summed E-state index contributed by atoms with van der Waals surface area (Å²) in [5.74, 6) is -0.985. The number of amides is 1. The van der Waals surface area contributed by atoms with Crippen LogP contribution < -0.4 is 0 Å². The number of carbonyl (C=O) groups is 2. The van der Waals surface area contributed by atoms with Gasteiger partial charge in [-0.1, -0.05) is 12.7 Å². The molecule has 7 nitrogen and oxygen atoms in total. The summed E-state index contributed by atoms with van der Waals surface area (Å²) in [6.45, 7) is 4.84. The Balaban J connectivity index is 1.88. The summed E-state index contributed by atoms with van der Waals surface area (Å²) >= 11 is 0. The number of carboxylic acid groups (broad SMARTS) is 1. The van der Waals surface area contributed by atoms with Crippen molar-refractivity contribution in [2.45, 2.75) is 18.9 Å². The number of carbonyl (C=O) groups excluding carboxylic acids is 1. The number of likely N-dealkylation sites (tertiary alicyclic amines) is 1. The van der Waals surface area contributed by atoms with Gasteiger partial charge in [-0.2, -0.15) is 5.10 Å². The molecule has 0 saturated carbocycles. The van der Waals surface area contributed by atoms with E-state index in [2.05, 4.69) is 11.7 Å². The molecule has 0 unspecified atom stereocenters. The van der Waals surface area contributed by atoms with E-state index >= 15 is 0 Å². The van der Waals surface area contributed by atoms with Crippen molar-refractivity contribution in [3.63, 3.8) is 0 Å². The lowest BCUT2D eigenvalue weighted by molar-refractivity contribution is 0.0696. The molecule has 1 amide bonds.